The molecule has 2 heterocycles. The summed E-state index contributed by atoms with van der Waals surface area (Å²) in [5, 5.41) is 4.80. The molecule has 3 heteroatoms. The molecule has 3 rings (SSSR count). The monoisotopic (exact) mass is 291 g/mol. The summed E-state index contributed by atoms with van der Waals surface area (Å²) in [7, 11) is 0. The fourth-order valence-electron chi connectivity index (χ4n) is 2.83. The quantitative estimate of drug-likeness (QED) is 0.671. The Morgan fingerprint density at radius 3 is 2.55 bits per heavy atom. The fourth-order valence-corrected chi connectivity index (χ4v) is 2.83. The van der Waals surface area contributed by atoms with Gasteiger partial charge in [0, 0.05) is 22.5 Å². The highest BCUT2D eigenvalue weighted by Gasteiger charge is 2.16. The van der Waals surface area contributed by atoms with Crippen LogP contribution in [0.1, 0.15) is 29.4 Å². The van der Waals surface area contributed by atoms with Gasteiger partial charge >= 0.3 is 0 Å². The maximum atomic E-state index is 4.80. The molecule has 0 radical (unpaired) electrons. The Bertz CT molecular complexity index is 826. The number of hydrogen-bond donors (Lipinski definition) is 0. The van der Waals surface area contributed by atoms with Gasteiger partial charge in [0.25, 0.3) is 0 Å². The number of hydrogen-bond acceptors (Lipinski definition) is 2. The molecule has 112 valence electrons. The van der Waals surface area contributed by atoms with E-state index in [1.54, 1.807) is 0 Å². The molecule has 0 aliphatic heterocycles. The first-order valence-corrected chi connectivity index (χ1v) is 7.70. The second kappa shape index (κ2) is 5.76. The van der Waals surface area contributed by atoms with Crippen molar-refractivity contribution in [3.05, 3.63) is 65.5 Å². The Morgan fingerprint density at radius 2 is 1.91 bits per heavy atom. The summed E-state index contributed by atoms with van der Waals surface area (Å²) in [4.78, 5) is 4.69. The van der Waals surface area contributed by atoms with Crippen LogP contribution in [0.2, 0.25) is 0 Å². The molecule has 0 fully saturated rings. The highest BCUT2D eigenvalue weighted by Crippen LogP contribution is 2.27. The van der Waals surface area contributed by atoms with E-state index < -0.39 is 0 Å². The van der Waals surface area contributed by atoms with Crippen LogP contribution in [-0.2, 0) is 12.8 Å². The normalized spacial score (nSPS) is 11.0. The predicted octanol–water partition coefficient (Wildman–Crippen LogP) is 4.30. The van der Waals surface area contributed by atoms with Gasteiger partial charge in [-0.3, -0.25) is 0 Å². The van der Waals surface area contributed by atoms with Crippen molar-refractivity contribution in [3.8, 4) is 11.3 Å². The molecule has 0 aliphatic carbocycles. The maximum absolute atomic E-state index is 4.80. The van der Waals surface area contributed by atoms with Gasteiger partial charge in [0.15, 0.2) is 5.65 Å². The lowest BCUT2D eigenvalue weighted by molar-refractivity contribution is 0.888. The second-order valence-corrected chi connectivity index (χ2v) is 5.64. The number of aryl methyl sites for hydroxylation is 3. The first kappa shape index (κ1) is 14.5. The van der Waals surface area contributed by atoms with E-state index in [2.05, 4.69) is 55.7 Å². The van der Waals surface area contributed by atoms with Gasteiger partial charge in [-0.1, -0.05) is 37.3 Å². The molecule has 0 atom stereocenters. The zero-order chi connectivity index (χ0) is 15.7. The summed E-state index contributed by atoms with van der Waals surface area (Å²) in [5.74, 6) is 0. The van der Waals surface area contributed by atoms with E-state index >= 15 is 0 Å². The highest BCUT2D eigenvalue weighted by molar-refractivity contribution is 5.71. The summed E-state index contributed by atoms with van der Waals surface area (Å²) in [6.45, 7) is 10.1. The number of aromatic nitrogens is 3. The zero-order valence-electron chi connectivity index (χ0n) is 13.4. The highest BCUT2D eigenvalue weighted by atomic mass is 15.3. The standard InChI is InChI=1S/C19H21N3/c1-5-7-17-18(16-10-8-15(6-2)9-11-16)21-22-14(4)12-13(3)20-19(17)22/h5,8-12H,1,6-7H2,2-4H3. The Kier molecular flexibility index (Phi) is 3.80. The van der Waals surface area contributed by atoms with Gasteiger partial charge in [0.05, 0.1) is 5.69 Å². The van der Waals surface area contributed by atoms with Gasteiger partial charge in [-0.25, -0.2) is 9.50 Å². The predicted molar refractivity (Wildman–Crippen MR) is 91.2 cm³/mol. The number of benzene rings is 1. The molecular formula is C19H21N3. The van der Waals surface area contributed by atoms with Crippen LogP contribution < -0.4 is 0 Å². The molecule has 0 unspecified atom stereocenters. The molecule has 0 saturated carbocycles. The van der Waals surface area contributed by atoms with E-state index in [1.807, 2.05) is 17.5 Å². The molecule has 1 aromatic carbocycles. The van der Waals surface area contributed by atoms with E-state index in [0.717, 1.165) is 46.7 Å². The number of allylic oxidation sites excluding steroid dienone is 1. The molecule has 0 spiro atoms. The first-order valence-electron chi connectivity index (χ1n) is 7.70. The van der Waals surface area contributed by atoms with Crippen LogP contribution in [0.25, 0.3) is 16.9 Å². The van der Waals surface area contributed by atoms with Crippen molar-refractivity contribution in [2.45, 2.75) is 33.6 Å². The molecule has 3 nitrogen and oxygen atoms in total. The Labute approximate surface area is 131 Å². The number of rotatable bonds is 4. The Balaban J connectivity index is 2.25. The molecule has 3 aromatic rings. The third-order valence-corrected chi connectivity index (χ3v) is 3.97. The van der Waals surface area contributed by atoms with Crippen molar-refractivity contribution >= 4 is 5.65 Å². The topological polar surface area (TPSA) is 30.2 Å². The molecule has 2 aromatic heterocycles. The van der Waals surface area contributed by atoms with Crippen LogP contribution in [0.15, 0.2) is 43.0 Å². The average Bonchev–Trinajstić information content (AvgIpc) is 2.87. The van der Waals surface area contributed by atoms with Crippen LogP contribution >= 0.6 is 0 Å². The average molecular weight is 291 g/mol. The summed E-state index contributed by atoms with van der Waals surface area (Å²) >= 11 is 0. The number of fused-ring (bicyclic) bond motifs is 1. The summed E-state index contributed by atoms with van der Waals surface area (Å²) in [5.41, 5.74) is 7.67. The maximum Gasteiger partial charge on any atom is 0.159 e. The Morgan fingerprint density at radius 1 is 1.18 bits per heavy atom. The third kappa shape index (κ3) is 2.43. The molecule has 0 aliphatic rings. The SMILES string of the molecule is C=CCc1c(-c2ccc(CC)cc2)nn2c(C)cc(C)nc12. The first-order chi connectivity index (χ1) is 10.6. The van der Waals surface area contributed by atoms with Crippen molar-refractivity contribution in [1.82, 2.24) is 14.6 Å². The van der Waals surface area contributed by atoms with E-state index in [9.17, 15) is 0 Å². The minimum absolute atomic E-state index is 0.768. The molecule has 22 heavy (non-hydrogen) atoms. The van der Waals surface area contributed by atoms with Crippen molar-refractivity contribution in [1.29, 1.82) is 0 Å². The van der Waals surface area contributed by atoms with Crippen LogP contribution in [0.4, 0.5) is 0 Å². The molecular weight excluding hydrogens is 270 g/mol. The van der Waals surface area contributed by atoms with Gasteiger partial charge < -0.3 is 0 Å². The zero-order valence-corrected chi connectivity index (χ0v) is 13.4. The summed E-state index contributed by atoms with van der Waals surface area (Å²) in [6, 6.07) is 10.7. The van der Waals surface area contributed by atoms with Gasteiger partial charge in [0.1, 0.15) is 0 Å². The van der Waals surface area contributed by atoms with Gasteiger partial charge in [-0.2, -0.15) is 5.10 Å². The van der Waals surface area contributed by atoms with Crippen LogP contribution in [0.3, 0.4) is 0 Å². The van der Waals surface area contributed by atoms with E-state index in [-0.39, 0.29) is 0 Å². The van der Waals surface area contributed by atoms with E-state index in [1.165, 1.54) is 5.56 Å². The van der Waals surface area contributed by atoms with E-state index in [0.29, 0.717) is 0 Å². The fraction of sp³-hybridized carbons (Fsp3) is 0.263. The lowest BCUT2D eigenvalue weighted by atomic mass is 10.0. The summed E-state index contributed by atoms with van der Waals surface area (Å²) < 4.78 is 1.94. The minimum Gasteiger partial charge on any atom is -0.234 e. The lowest BCUT2D eigenvalue weighted by Gasteiger charge is -2.02. The van der Waals surface area contributed by atoms with Gasteiger partial charge in [-0.05, 0) is 38.3 Å². The van der Waals surface area contributed by atoms with E-state index in [4.69, 9.17) is 5.10 Å². The van der Waals surface area contributed by atoms with Crippen molar-refractivity contribution in [2.75, 3.05) is 0 Å². The minimum atomic E-state index is 0.768. The van der Waals surface area contributed by atoms with Crippen LogP contribution in [-0.4, -0.2) is 14.6 Å². The van der Waals surface area contributed by atoms with Crippen molar-refractivity contribution in [3.63, 3.8) is 0 Å². The molecule has 0 N–H and O–H groups in total. The number of nitrogens with zero attached hydrogens (tertiary/aromatic N) is 3. The largest absolute Gasteiger partial charge is 0.234 e. The summed E-state index contributed by atoms with van der Waals surface area (Å²) in [6.07, 6.45) is 3.73. The third-order valence-electron chi connectivity index (χ3n) is 3.97. The van der Waals surface area contributed by atoms with Gasteiger partial charge in [0.2, 0.25) is 0 Å². The Hall–Kier alpha value is -2.42. The van der Waals surface area contributed by atoms with Crippen molar-refractivity contribution in [2.24, 2.45) is 0 Å². The van der Waals surface area contributed by atoms with Crippen LogP contribution in [0.5, 0.6) is 0 Å². The van der Waals surface area contributed by atoms with Gasteiger partial charge in [-0.15, -0.1) is 6.58 Å². The molecule has 0 saturated heterocycles. The van der Waals surface area contributed by atoms with Crippen LogP contribution in [0, 0.1) is 13.8 Å². The second-order valence-electron chi connectivity index (χ2n) is 5.64. The van der Waals surface area contributed by atoms with Crippen molar-refractivity contribution < 1.29 is 0 Å². The smallest absolute Gasteiger partial charge is 0.159 e. The lowest BCUT2D eigenvalue weighted by Crippen LogP contribution is -1.97. The molecule has 0 amide bonds. The molecule has 0 bridgehead atoms.